The normalized spacial score (nSPS) is 38.3. The lowest BCUT2D eigenvalue weighted by Gasteiger charge is -2.55. The van der Waals surface area contributed by atoms with E-state index in [0.717, 1.165) is 29.6 Å². The van der Waals surface area contributed by atoms with Crippen molar-refractivity contribution in [2.75, 3.05) is 7.11 Å². The van der Waals surface area contributed by atoms with E-state index < -0.39 is 0 Å². The molecule has 1 heterocycles. The van der Waals surface area contributed by atoms with E-state index in [1.54, 1.807) is 0 Å². The van der Waals surface area contributed by atoms with Crippen LogP contribution in [0.25, 0.3) is 0 Å². The molecule has 0 spiro atoms. The Bertz CT molecular complexity index is 474. The minimum absolute atomic E-state index is 0.135. The van der Waals surface area contributed by atoms with Gasteiger partial charge in [-0.2, -0.15) is 5.06 Å². The topological polar surface area (TPSA) is 12.5 Å². The van der Waals surface area contributed by atoms with Crippen LogP contribution in [0.5, 0.6) is 0 Å². The van der Waals surface area contributed by atoms with E-state index in [9.17, 15) is 0 Å². The second-order valence-electron chi connectivity index (χ2n) is 11.3. The average Bonchev–Trinajstić information content (AvgIpc) is 2.60. The molecule has 0 amide bonds. The smallest absolute Gasteiger partial charge is 0.0575 e. The first kappa shape index (κ1) is 21.4. The molecule has 0 aromatic carbocycles. The number of nitrogens with zero attached hydrogens (tertiary/aromatic N) is 1. The zero-order chi connectivity index (χ0) is 19.7. The van der Waals surface area contributed by atoms with Crippen LogP contribution in [0.4, 0.5) is 0 Å². The van der Waals surface area contributed by atoms with Gasteiger partial charge in [-0.1, -0.05) is 31.9 Å². The lowest BCUT2D eigenvalue weighted by atomic mass is 9.65. The van der Waals surface area contributed by atoms with Crippen molar-refractivity contribution in [1.29, 1.82) is 0 Å². The summed E-state index contributed by atoms with van der Waals surface area (Å²) in [5, 5.41) is 2.26. The molecule has 0 N–H and O–H groups in total. The first-order valence-electron chi connectivity index (χ1n) is 11.7. The molecule has 2 heteroatoms. The Kier molecular flexibility index (Phi) is 6.79. The SMILES string of the molecule is CON1C(C)(C)CC(C2CCC(/C=C/C3CCC(C)CC3)CC2)CC1(C)C. The van der Waals surface area contributed by atoms with Crippen molar-refractivity contribution in [2.45, 2.75) is 110 Å². The molecule has 2 nitrogen and oxygen atoms in total. The van der Waals surface area contributed by atoms with Gasteiger partial charge in [0.2, 0.25) is 0 Å². The number of hydrogen-bond donors (Lipinski definition) is 0. The zero-order valence-electron chi connectivity index (χ0n) is 19.0. The fraction of sp³-hybridized carbons (Fsp3) is 0.920. The van der Waals surface area contributed by atoms with Gasteiger partial charge < -0.3 is 4.84 Å². The predicted octanol–water partition coefficient (Wildman–Crippen LogP) is 7.01. The molecule has 0 radical (unpaired) electrons. The van der Waals surface area contributed by atoms with Crippen LogP contribution >= 0.6 is 0 Å². The van der Waals surface area contributed by atoms with Gasteiger partial charge in [0, 0.05) is 11.1 Å². The van der Waals surface area contributed by atoms with Gasteiger partial charge in [0.05, 0.1) is 7.11 Å². The van der Waals surface area contributed by atoms with E-state index in [4.69, 9.17) is 4.84 Å². The van der Waals surface area contributed by atoms with E-state index in [1.807, 2.05) is 7.11 Å². The summed E-state index contributed by atoms with van der Waals surface area (Å²) in [5.41, 5.74) is 0.270. The lowest BCUT2D eigenvalue weighted by Crippen LogP contribution is -2.60. The number of allylic oxidation sites excluding steroid dienone is 2. The highest BCUT2D eigenvalue weighted by Gasteiger charge is 2.48. The summed E-state index contributed by atoms with van der Waals surface area (Å²) >= 11 is 0. The average molecular weight is 376 g/mol. The Labute approximate surface area is 169 Å². The number of rotatable bonds is 4. The first-order chi connectivity index (χ1) is 12.7. The van der Waals surface area contributed by atoms with Gasteiger partial charge in [-0.15, -0.1) is 0 Å². The van der Waals surface area contributed by atoms with Gasteiger partial charge in [0.15, 0.2) is 0 Å². The van der Waals surface area contributed by atoms with Crippen LogP contribution < -0.4 is 0 Å². The van der Waals surface area contributed by atoms with Crippen molar-refractivity contribution in [3.05, 3.63) is 12.2 Å². The second kappa shape index (κ2) is 8.57. The van der Waals surface area contributed by atoms with Crippen molar-refractivity contribution in [2.24, 2.45) is 29.6 Å². The van der Waals surface area contributed by atoms with Gasteiger partial charge in [0.25, 0.3) is 0 Å². The van der Waals surface area contributed by atoms with E-state index in [2.05, 4.69) is 51.8 Å². The summed E-state index contributed by atoms with van der Waals surface area (Å²) in [4.78, 5) is 5.79. The maximum absolute atomic E-state index is 5.79. The van der Waals surface area contributed by atoms with Crippen molar-refractivity contribution < 1.29 is 4.84 Å². The van der Waals surface area contributed by atoms with Gasteiger partial charge >= 0.3 is 0 Å². The summed E-state index contributed by atoms with van der Waals surface area (Å²) < 4.78 is 0. The summed E-state index contributed by atoms with van der Waals surface area (Å²) in [6, 6.07) is 0. The molecule has 1 saturated heterocycles. The summed E-state index contributed by atoms with van der Waals surface area (Å²) in [7, 11) is 1.84. The molecule has 3 aliphatic rings. The first-order valence-corrected chi connectivity index (χ1v) is 11.7. The van der Waals surface area contributed by atoms with Gasteiger partial charge in [-0.25, -0.2) is 0 Å². The van der Waals surface area contributed by atoms with Crippen LogP contribution in [0.15, 0.2) is 12.2 Å². The monoisotopic (exact) mass is 375 g/mol. The van der Waals surface area contributed by atoms with Gasteiger partial charge in [0.1, 0.15) is 0 Å². The molecule has 156 valence electrons. The highest BCUT2D eigenvalue weighted by Crippen LogP contribution is 2.47. The standard InChI is InChI=1S/C25H45NO/c1-19-7-9-20(10-8-19)11-12-21-13-15-22(16-14-21)23-17-24(2,3)26(27-6)25(4,5)18-23/h11-12,19-23H,7-10,13-18H2,1-6H3/b12-11+. The fourth-order valence-corrected chi connectivity index (χ4v) is 6.77. The molecule has 0 unspecified atom stereocenters. The molecule has 0 bridgehead atoms. The molecule has 0 aromatic rings. The molecular formula is C25H45NO. The van der Waals surface area contributed by atoms with Crippen LogP contribution in [0, 0.1) is 29.6 Å². The van der Waals surface area contributed by atoms with Crippen LogP contribution in [0.3, 0.4) is 0 Å². The molecule has 0 aromatic heterocycles. The van der Waals surface area contributed by atoms with E-state index >= 15 is 0 Å². The summed E-state index contributed by atoms with van der Waals surface area (Å²) in [6.07, 6.45) is 19.2. The molecule has 1 aliphatic heterocycles. The molecule has 2 aliphatic carbocycles. The third-order valence-electron chi connectivity index (χ3n) is 8.00. The van der Waals surface area contributed by atoms with Gasteiger partial charge in [-0.05, 0) is 109 Å². The highest BCUT2D eigenvalue weighted by atomic mass is 16.7. The molecule has 3 fully saturated rings. The fourth-order valence-electron chi connectivity index (χ4n) is 6.77. The number of piperidine rings is 1. The van der Waals surface area contributed by atoms with Gasteiger partial charge in [-0.3, -0.25) is 0 Å². The van der Waals surface area contributed by atoms with E-state index in [1.165, 1.54) is 64.2 Å². The van der Waals surface area contributed by atoms with Crippen LogP contribution in [0.1, 0.15) is 98.8 Å². The molecule has 27 heavy (non-hydrogen) atoms. The zero-order valence-corrected chi connectivity index (χ0v) is 19.0. The van der Waals surface area contributed by atoms with E-state index in [0.29, 0.717) is 0 Å². The third-order valence-corrected chi connectivity index (χ3v) is 8.00. The number of hydrogen-bond acceptors (Lipinski definition) is 2. The summed E-state index contributed by atoms with van der Waals surface area (Å²) in [6.45, 7) is 11.9. The van der Waals surface area contributed by atoms with Crippen LogP contribution in [-0.4, -0.2) is 23.3 Å². The van der Waals surface area contributed by atoms with Crippen molar-refractivity contribution in [3.63, 3.8) is 0 Å². The largest absolute Gasteiger partial charge is 0.301 e. The molecular weight excluding hydrogens is 330 g/mol. The molecule has 0 atom stereocenters. The Morgan fingerprint density at radius 2 is 1.15 bits per heavy atom. The van der Waals surface area contributed by atoms with Crippen molar-refractivity contribution in [3.8, 4) is 0 Å². The second-order valence-corrected chi connectivity index (χ2v) is 11.3. The number of hydroxylamine groups is 2. The maximum Gasteiger partial charge on any atom is 0.0575 e. The minimum Gasteiger partial charge on any atom is -0.301 e. The van der Waals surface area contributed by atoms with E-state index in [-0.39, 0.29) is 11.1 Å². The predicted molar refractivity (Wildman–Crippen MR) is 115 cm³/mol. The Morgan fingerprint density at radius 3 is 1.59 bits per heavy atom. The van der Waals surface area contributed by atoms with Crippen LogP contribution in [-0.2, 0) is 4.84 Å². The van der Waals surface area contributed by atoms with Crippen molar-refractivity contribution in [1.82, 2.24) is 5.06 Å². The highest BCUT2D eigenvalue weighted by molar-refractivity contribution is 5.00. The van der Waals surface area contributed by atoms with Crippen LogP contribution in [0.2, 0.25) is 0 Å². The Hall–Kier alpha value is -0.340. The Balaban J connectivity index is 1.50. The third kappa shape index (κ3) is 5.18. The summed E-state index contributed by atoms with van der Waals surface area (Å²) in [5.74, 6) is 4.46. The molecule has 2 saturated carbocycles. The quantitative estimate of drug-likeness (QED) is 0.490. The Morgan fingerprint density at radius 1 is 0.704 bits per heavy atom. The molecule has 3 rings (SSSR count). The van der Waals surface area contributed by atoms with Crippen molar-refractivity contribution >= 4 is 0 Å². The minimum atomic E-state index is 0.135. The maximum atomic E-state index is 5.79. The lowest BCUT2D eigenvalue weighted by molar-refractivity contribution is -0.275.